The summed E-state index contributed by atoms with van der Waals surface area (Å²) in [7, 11) is 0. The highest BCUT2D eigenvalue weighted by molar-refractivity contribution is 5.99. The number of nitriles is 1. The van der Waals surface area contributed by atoms with Crippen molar-refractivity contribution in [3.8, 4) is 6.07 Å². The fourth-order valence-corrected chi connectivity index (χ4v) is 5.39. The largest absolute Gasteiger partial charge is 0.391 e. The molecular weight excluding hydrogens is 521 g/mol. The van der Waals surface area contributed by atoms with Crippen molar-refractivity contribution < 1.29 is 19.1 Å². The third-order valence-electron chi connectivity index (χ3n) is 8.04. The Hall–Kier alpha value is -4.26. The molecule has 0 bridgehead atoms. The molecule has 3 atom stereocenters. The molecule has 212 valence electrons. The monoisotopic (exact) mass is 555 g/mol. The number of aliphatic hydroxyl groups excluding tert-OH is 1. The minimum Gasteiger partial charge on any atom is -0.391 e. The van der Waals surface area contributed by atoms with Crippen LogP contribution in [-0.4, -0.2) is 40.6 Å². The third-order valence-corrected chi connectivity index (χ3v) is 8.04. The fourth-order valence-electron chi connectivity index (χ4n) is 5.39. The molecule has 8 nitrogen and oxygen atoms in total. The van der Waals surface area contributed by atoms with Gasteiger partial charge in [-0.05, 0) is 73.2 Å². The van der Waals surface area contributed by atoms with E-state index in [4.69, 9.17) is 5.73 Å². The number of nitrogens with two attached hydrogens (primary N) is 1. The van der Waals surface area contributed by atoms with Crippen molar-refractivity contribution in [1.82, 2.24) is 4.90 Å². The number of anilines is 2. The fraction of sp³-hybridized carbons (Fsp3) is 0.344. The lowest BCUT2D eigenvalue weighted by Crippen LogP contribution is -2.45. The maximum absolute atomic E-state index is 15.1. The van der Waals surface area contributed by atoms with Crippen LogP contribution in [0.2, 0.25) is 0 Å². The summed E-state index contributed by atoms with van der Waals surface area (Å²) in [5.41, 5.74) is 9.37. The molecule has 9 heteroatoms. The second kappa shape index (κ2) is 11.7. The topological polar surface area (TPSA) is 131 Å². The summed E-state index contributed by atoms with van der Waals surface area (Å²) in [5, 5.41) is 25.1. The SMILES string of the molecule is Cc1ccc(NC(=O)N2C[C@H](O)C[C@@H]2C(=O)Nc2cc(C(N)(CCC3CC3)c3cccc(C#N)c3)ccc2F)cc1. The standard InChI is InChI=1S/C32H34FN5O3/c1-20-5-10-25(11-6-20)36-31(41)38-19-26(39)17-29(38)30(40)37-28-16-24(9-12-27(28)33)32(35,14-13-21-7-8-21)23-4-2-3-22(15-23)18-34/h2-6,9-12,15-16,21,26,29,39H,7-8,13-14,17,19,35H2,1H3,(H,36,41)(H,37,40)/t26-,29-,32?/m1/s1. The first-order valence-corrected chi connectivity index (χ1v) is 13.9. The molecule has 1 heterocycles. The number of nitrogens with one attached hydrogen (secondary N) is 2. The summed E-state index contributed by atoms with van der Waals surface area (Å²) >= 11 is 0. The van der Waals surface area contributed by atoms with E-state index in [-0.39, 0.29) is 18.7 Å². The second-order valence-electron chi connectivity index (χ2n) is 11.2. The molecule has 0 aromatic heterocycles. The zero-order chi connectivity index (χ0) is 29.1. The molecule has 41 heavy (non-hydrogen) atoms. The number of β-amino-alcohol motifs (C(OH)–C–C–N with tert-alkyl or cyclic N) is 1. The maximum atomic E-state index is 15.1. The first kappa shape index (κ1) is 28.3. The van der Waals surface area contributed by atoms with Gasteiger partial charge in [-0.3, -0.25) is 4.79 Å². The van der Waals surface area contributed by atoms with Crippen LogP contribution in [0.3, 0.4) is 0 Å². The number of aryl methyl sites for hydroxylation is 1. The number of benzene rings is 3. The minimum atomic E-state index is -1.01. The Morgan fingerprint density at radius 3 is 2.54 bits per heavy atom. The summed E-state index contributed by atoms with van der Waals surface area (Å²) in [5.74, 6) is -0.655. The Balaban J connectivity index is 1.38. The highest BCUT2D eigenvalue weighted by Gasteiger charge is 2.40. The number of carbonyl (C=O) groups excluding carboxylic acids is 2. The van der Waals surface area contributed by atoms with Crippen molar-refractivity contribution in [3.05, 3.63) is 94.8 Å². The van der Waals surface area contributed by atoms with Gasteiger partial charge in [-0.2, -0.15) is 5.26 Å². The molecule has 5 N–H and O–H groups in total. The van der Waals surface area contributed by atoms with Crippen LogP contribution in [0.4, 0.5) is 20.6 Å². The zero-order valence-electron chi connectivity index (χ0n) is 22.9. The smallest absolute Gasteiger partial charge is 0.322 e. The van der Waals surface area contributed by atoms with Gasteiger partial charge in [-0.25, -0.2) is 9.18 Å². The van der Waals surface area contributed by atoms with E-state index >= 15 is 4.39 Å². The average Bonchev–Trinajstić information content (AvgIpc) is 3.72. The number of halogens is 1. The molecule has 1 aliphatic carbocycles. The van der Waals surface area contributed by atoms with Gasteiger partial charge in [0.05, 0.1) is 29.0 Å². The number of carbonyl (C=O) groups is 2. The molecule has 1 aliphatic heterocycles. The lowest BCUT2D eigenvalue weighted by Gasteiger charge is -2.32. The normalized spacial score (nSPS) is 19.7. The van der Waals surface area contributed by atoms with Crippen LogP contribution in [0, 0.1) is 30.0 Å². The van der Waals surface area contributed by atoms with Crippen LogP contribution < -0.4 is 16.4 Å². The van der Waals surface area contributed by atoms with E-state index < -0.39 is 35.4 Å². The lowest BCUT2D eigenvalue weighted by molar-refractivity contribution is -0.119. The van der Waals surface area contributed by atoms with E-state index in [1.54, 1.807) is 36.4 Å². The molecule has 3 amide bonds. The van der Waals surface area contributed by atoms with E-state index in [1.165, 1.54) is 17.0 Å². The summed E-state index contributed by atoms with van der Waals surface area (Å²) in [6, 6.07) is 19.3. The van der Waals surface area contributed by atoms with Gasteiger partial charge in [0.15, 0.2) is 0 Å². The van der Waals surface area contributed by atoms with Crippen LogP contribution in [0.15, 0.2) is 66.7 Å². The number of nitrogens with zero attached hydrogens (tertiary/aromatic N) is 2. The van der Waals surface area contributed by atoms with Gasteiger partial charge in [0.2, 0.25) is 5.91 Å². The van der Waals surface area contributed by atoms with Crippen LogP contribution >= 0.6 is 0 Å². The Morgan fingerprint density at radius 1 is 1.10 bits per heavy atom. The highest BCUT2D eigenvalue weighted by atomic mass is 19.1. The second-order valence-corrected chi connectivity index (χ2v) is 11.2. The predicted molar refractivity (Wildman–Crippen MR) is 154 cm³/mol. The Bertz CT molecular complexity index is 1480. The van der Waals surface area contributed by atoms with Crippen molar-refractivity contribution in [3.63, 3.8) is 0 Å². The number of aliphatic hydroxyl groups is 1. The lowest BCUT2D eigenvalue weighted by atomic mass is 9.79. The van der Waals surface area contributed by atoms with Crippen LogP contribution in [0.5, 0.6) is 0 Å². The Kier molecular flexibility index (Phi) is 8.06. The molecule has 1 saturated carbocycles. The maximum Gasteiger partial charge on any atom is 0.322 e. The zero-order valence-corrected chi connectivity index (χ0v) is 22.9. The van der Waals surface area contributed by atoms with Gasteiger partial charge < -0.3 is 26.4 Å². The van der Waals surface area contributed by atoms with Gasteiger partial charge in [0, 0.05) is 18.7 Å². The van der Waals surface area contributed by atoms with Gasteiger partial charge in [0.25, 0.3) is 0 Å². The number of hydrogen-bond donors (Lipinski definition) is 4. The van der Waals surface area contributed by atoms with Crippen molar-refractivity contribution >= 4 is 23.3 Å². The number of amides is 3. The highest BCUT2D eigenvalue weighted by Crippen LogP contribution is 2.40. The summed E-state index contributed by atoms with van der Waals surface area (Å²) in [6.07, 6.45) is 2.92. The average molecular weight is 556 g/mol. The molecular formula is C32H34FN5O3. The minimum absolute atomic E-state index is 0.0254. The molecule has 3 aromatic carbocycles. The number of likely N-dealkylation sites (tertiary alicyclic amines) is 1. The predicted octanol–water partition coefficient (Wildman–Crippen LogP) is 5.00. The van der Waals surface area contributed by atoms with E-state index in [1.807, 2.05) is 25.1 Å². The van der Waals surface area contributed by atoms with Crippen LogP contribution in [-0.2, 0) is 10.3 Å². The van der Waals surface area contributed by atoms with Gasteiger partial charge in [-0.1, -0.05) is 48.7 Å². The molecule has 2 aliphatic rings. The number of rotatable bonds is 8. The first-order valence-electron chi connectivity index (χ1n) is 13.9. The first-order chi connectivity index (χ1) is 19.7. The van der Waals surface area contributed by atoms with Crippen LogP contribution in [0.25, 0.3) is 0 Å². The molecule has 3 aromatic rings. The summed E-state index contributed by atoms with van der Waals surface area (Å²) in [6.45, 7) is 1.91. The van der Waals surface area contributed by atoms with E-state index in [9.17, 15) is 20.0 Å². The van der Waals surface area contributed by atoms with E-state index in [0.29, 0.717) is 29.2 Å². The molecule has 2 fully saturated rings. The van der Waals surface area contributed by atoms with Gasteiger partial charge >= 0.3 is 6.03 Å². The number of urea groups is 1. The van der Waals surface area contributed by atoms with Gasteiger partial charge in [-0.15, -0.1) is 0 Å². The van der Waals surface area contributed by atoms with Crippen molar-refractivity contribution in [2.75, 3.05) is 17.2 Å². The number of hydrogen-bond acceptors (Lipinski definition) is 5. The van der Waals surface area contributed by atoms with Crippen molar-refractivity contribution in [2.24, 2.45) is 11.7 Å². The Labute approximate surface area is 239 Å². The molecule has 1 saturated heterocycles. The third kappa shape index (κ3) is 6.40. The van der Waals surface area contributed by atoms with Crippen LogP contribution in [0.1, 0.15) is 54.4 Å². The van der Waals surface area contributed by atoms with Gasteiger partial charge in [0.1, 0.15) is 11.9 Å². The molecule has 1 unspecified atom stereocenters. The van der Waals surface area contributed by atoms with E-state index in [0.717, 1.165) is 30.4 Å². The van der Waals surface area contributed by atoms with Crippen molar-refractivity contribution in [2.45, 2.75) is 56.7 Å². The molecule has 0 radical (unpaired) electrons. The summed E-state index contributed by atoms with van der Waals surface area (Å²) in [4.78, 5) is 27.7. The Morgan fingerprint density at radius 2 is 1.83 bits per heavy atom. The molecule has 0 spiro atoms. The van der Waals surface area contributed by atoms with E-state index in [2.05, 4.69) is 16.7 Å². The molecule has 5 rings (SSSR count). The van der Waals surface area contributed by atoms with Crippen molar-refractivity contribution in [1.29, 1.82) is 5.26 Å². The summed E-state index contributed by atoms with van der Waals surface area (Å²) < 4.78 is 15.1. The quantitative estimate of drug-likeness (QED) is 0.311.